The number of amides is 2. The lowest BCUT2D eigenvalue weighted by atomic mass is 10.0. The van der Waals surface area contributed by atoms with E-state index in [0.717, 1.165) is 24.5 Å². The molecule has 6 nitrogen and oxygen atoms in total. The first-order valence-electron chi connectivity index (χ1n) is 11.3. The van der Waals surface area contributed by atoms with Crippen molar-refractivity contribution in [3.05, 3.63) is 84.4 Å². The molecule has 0 bridgehead atoms. The number of carbonyl (C=O) groups is 2. The van der Waals surface area contributed by atoms with Crippen LogP contribution in [-0.4, -0.2) is 38.6 Å². The molecule has 5 rings (SSSR count). The summed E-state index contributed by atoms with van der Waals surface area (Å²) in [7, 11) is 1.59. The number of para-hydroxylation sites is 4. The van der Waals surface area contributed by atoms with Gasteiger partial charge in [-0.3, -0.25) is 9.59 Å². The van der Waals surface area contributed by atoms with Crippen molar-refractivity contribution in [2.24, 2.45) is 5.92 Å². The predicted molar refractivity (Wildman–Crippen MR) is 130 cm³/mol. The van der Waals surface area contributed by atoms with E-state index < -0.39 is 0 Å². The second kappa shape index (κ2) is 8.98. The van der Waals surface area contributed by atoms with Gasteiger partial charge in [0.1, 0.15) is 5.75 Å². The maximum atomic E-state index is 13.6. The topological polar surface area (TPSA) is 53.1 Å². The summed E-state index contributed by atoms with van der Waals surface area (Å²) < 4.78 is 5.43. The average molecular weight is 442 g/mol. The van der Waals surface area contributed by atoms with Gasteiger partial charge in [-0.2, -0.15) is 0 Å². The van der Waals surface area contributed by atoms with E-state index in [1.54, 1.807) is 12.0 Å². The van der Waals surface area contributed by atoms with E-state index in [-0.39, 0.29) is 24.2 Å². The number of methoxy groups -OCH3 is 1. The van der Waals surface area contributed by atoms with Crippen molar-refractivity contribution < 1.29 is 14.3 Å². The molecule has 1 fully saturated rings. The largest absolute Gasteiger partial charge is 0.495 e. The summed E-state index contributed by atoms with van der Waals surface area (Å²) in [4.78, 5) is 32.3. The summed E-state index contributed by atoms with van der Waals surface area (Å²) >= 11 is 0. The van der Waals surface area contributed by atoms with Crippen LogP contribution in [-0.2, 0) is 16.1 Å². The van der Waals surface area contributed by atoms with E-state index >= 15 is 0 Å². The van der Waals surface area contributed by atoms with Crippen LogP contribution in [0, 0.1) is 5.92 Å². The highest BCUT2D eigenvalue weighted by molar-refractivity contribution is 6.06. The van der Waals surface area contributed by atoms with E-state index in [1.165, 1.54) is 5.56 Å². The molecule has 0 spiro atoms. The van der Waals surface area contributed by atoms with Crippen LogP contribution in [0.4, 0.5) is 17.1 Å². The van der Waals surface area contributed by atoms with Crippen molar-refractivity contribution in [1.29, 1.82) is 0 Å². The highest BCUT2D eigenvalue weighted by Crippen LogP contribution is 2.37. The number of carbonyl (C=O) groups excluding carboxylic acids is 2. The SMILES string of the molecule is COc1ccccc1N1CC(C(=O)N2CCN(Cc3ccccc3)c3ccccc32)CC1=O. The van der Waals surface area contributed by atoms with Gasteiger partial charge < -0.3 is 19.4 Å². The molecule has 3 aromatic carbocycles. The molecule has 0 aromatic heterocycles. The van der Waals surface area contributed by atoms with Crippen LogP contribution >= 0.6 is 0 Å². The van der Waals surface area contributed by atoms with E-state index in [9.17, 15) is 9.59 Å². The third-order valence-corrected chi connectivity index (χ3v) is 6.44. The number of benzene rings is 3. The molecule has 2 heterocycles. The molecule has 1 unspecified atom stereocenters. The molecule has 33 heavy (non-hydrogen) atoms. The third kappa shape index (κ3) is 4.04. The van der Waals surface area contributed by atoms with Gasteiger partial charge in [0.15, 0.2) is 0 Å². The van der Waals surface area contributed by atoms with Crippen LogP contribution in [0.25, 0.3) is 0 Å². The molecule has 0 aliphatic carbocycles. The normalized spacial score (nSPS) is 17.8. The Bertz CT molecular complexity index is 1160. The molecule has 1 atom stereocenters. The van der Waals surface area contributed by atoms with E-state index in [1.807, 2.05) is 65.6 Å². The van der Waals surface area contributed by atoms with Crippen LogP contribution in [0.3, 0.4) is 0 Å². The number of hydrogen-bond acceptors (Lipinski definition) is 4. The van der Waals surface area contributed by atoms with E-state index in [0.29, 0.717) is 24.5 Å². The Labute approximate surface area is 194 Å². The van der Waals surface area contributed by atoms with Gasteiger partial charge in [-0.05, 0) is 29.8 Å². The van der Waals surface area contributed by atoms with Crippen molar-refractivity contribution in [3.63, 3.8) is 0 Å². The minimum Gasteiger partial charge on any atom is -0.495 e. The van der Waals surface area contributed by atoms with Gasteiger partial charge in [-0.25, -0.2) is 0 Å². The smallest absolute Gasteiger partial charge is 0.232 e. The number of ether oxygens (including phenoxy) is 1. The van der Waals surface area contributed by atoms with E-state index in [2.05, 4.69) is 23.1 Å². The molecular formula is C27H27N3O3. The van der Waals surface area contributed by atoms with Crippen LogP contribution in [0.5, 0.6) is 5.75 Å². The lowest BCUT2D eigenvalue weighted by molar-refractivity contribution is -0.124. The van der Waals surface area contributed by atoms with Crippen molar-refractivity contribution >= 4 is 28.9 Å². The second-order valence-electron chi connectivity index (χ2n) is 8.46. The highest BCUT2D eigenvalue weighted by atomic mass is 16.5. The molecule has 2 amide bonds. The Kier molecular flexibility index (Phi) is 5.73. The standard InChI is InChI=1S/C27H27N3O3/c1-33-25-14-8-7-13-24(25)30-19-21(17-26(30)31)27(32)29-16-15-28(18-20-9-3-2-4-10-20)22-11-5-6-12-23(22)29/h2-14,21H,15-19H2,1H3. The average Bonchev–Trinajstić information content (AvgIpc) is 3.26. The maximum Gasteiger partial charge on any atom is 0.232 e. The number of hydrogen-bond donors (Lipinski definition) is 0. The highest BCUT2D eigenvalue weighted by Gasteiger charge is 2.40. The zero-order valence-corrected chi connectivity index (χ0v) is 18.7. The molecule has 2 aliphatic heterocycles. The minimum absolute atomic E-state index is 0.00700. The van der Waals surface area contributed by atoms with Gasteiger partial charge in [0, 0.05) is 32.6 Å². The Morgan fingerprint density at radius 2 is 1.55 bits per heavy atom. The quantitative estimate of drug-likeness (QED) is 0.598. The number of fused-ring (bicyclic) bond motifs is 1. The number of anilines is 3. The number of rotatable bonds is 5. The minimum atomic E-state index is -0.379. The zero-order chi connectivity index (χ0) is 22.8. The second-order valence-corrected chi connectivity index (χ2v) is 8.46. The van der Waals surface area contributed by atoms with E-state index in [4.69, 9.17) is 4.74 Å². The Morgan fingerprint density at radius 3 is 2.30 bits per heavy atom. The fourth-order valence-corrected chi connectivity index (χ4v) is 4.80. The molecule has 3 aromatic rings. The van der Waals surface area contributed by atoms with Crippen LogP contribution < -0.4 is 19.4 Å². The molecule has 6 heteroatoms. The molecule has 0 saturated carbocycles. The summed E-state index contributed by atoms with van der Waals surface area (Å²) in [6, 6.07) is 25.8. The fraction of sp³-hybridized carbons (Fsp3) is 0.259. The van der Waals surface area contributed by atoms with Crippen LogP contribution in [0.15, 0.2) is 78.9 Å². The Morgan fingerprint density at radius 1 is 0.879 bits per heavy atom. The van der Waals surface area contributed by atoms with Gasteiger partial charge in [-0.1, -0.05) is 54.6 Å². The maximum absolute atomic E-state index is 13.6. The summed E-state index contributed by atoms with van der Waals surface area (Å²) in [5, 5.41) is 0. The van der Waals surface area contributed by atoms with Gasteiger partial charge in [0.05, 0.1) is 30.1 Å². The van der Waals surface area contributed by atoms with Gasteiger partial charge in [0.25, 0.3) is 0 Å². The number of nitrogens with zero attached hydrogens (tertiary/aromatic N) is 3. The predicted octanol–water partition coefficient (Wildman–Crippen LogP) is 4.10. The molecule has 0 radical (unpaired) electrons. The summed E-state index contributed by atoms with van der Waals surface area (Å²) in [6.07, 6.45) is 0.212. The molecular weight excluding hydrogens is 414 g/mol. The Balaban J connectivity index is 1.36. The molecule has 1 saturated heterocycles. The Hall–Kier alpha value is -3.80. The van der Waals surface area contributed by atoms with Crippen molar-refractivity contribution in [2.75, 3.05) is 41.4 Å². The first kappa shape index (κ1) is 21.1. The van der Waals surface area contributed by atoms with Gasteiger partial charge in [0.2, 0.25) is 11.8 Å². The molecule has 2 aliphatic rings. The van der Waals surface area contributed by atoms with Crippen LogP contribution in [0.1, 0.15) is 12.0 Å². The van der Waals surface area contributed by atoms with Gasteiger partial charge in [-0.15, -0.1) is 0 Å². The summed E-state index contributed by atoms with van der Waals surface area (Å²) in [6.45, 7) is 2.50. The van der Waals surface area contributed by atoms with Crippen molar-refractivity contribution in [2.45, 2.75) is 13.0 Å². The fourth-order valence-electron chi connectivity index (χ4n) is 4.80. The first-order valence-corrected chi connectivity index (χ1v) is 11.3. The monoisotopic (exact) mass is 441 g/mol. The lowest BCUT2D eigenvalue weighted by Gasteiger charge is -2.38. The van der Waals surface area contributed by atoms with Gasteiger partial charge >= 0.3 is 0 Å². The molecule has 0 N–H and O–H groups in total. The first-order chi connectivity index (χ1) is 16.2. The van der Waals surface area contributed by atoms with Crippen LogP contribution in [0.2, 0.25) is 0 Å². The third-order valence-electron chi connectivity index (χ3n) is 6.44. The zero-order valence-electron chi connectivity index (χ0n) is 18.7. The lowest BCUT2D eigenvalue weighted by Crippen LogP contribution is -2.46. The molecule has 168 valence electrons. The summed E-state index contributed by atoms with van der Waals surface area (Å²) in [5.41, 5.74) is 3.91. The van der Waals surface area contributed by atoms with Crippen molar-refractivity contribution in [1.82, 2.24) is 0 Å². The van der Waals surface area contributed by atoms with Crippen molar-refractivity contribution in [3.8, 4) is 5.75 Å². The summed E-state index contributed by atoms with van der Waals surface area (Å²) in [5.74, 6) is 0.219.